The van der Waals surface area contributed by atoms with Gasteiger partial charge < -0.3 is 15.0 Å². The van der Waals surface area contributed by atoms with Crippen molar-refractivity contribution in [1.82, 2.24) is 9.97 Å². The van der Waals surface area contributed by atoms with E-state index in [-0.39, 0.29) is 6.04 Å². The summed E-state index contributed by atoms with van der Waals surface area (Å²) in [6.45, 7) is 0.422. The Hall–Kier alpha value is -3.76. The molecule has 6 rings (SSSR count). The maximum atomic E-state index is 6.29. The van der Waals surface area contributed by atoms with Crippen molar-refractivity contribution in [3.05, 3.63) is 113 Å². The lowest BCUT2D eigenvalue weighted by Gasteiger charge is -2.20. The van der Waals surface area contributed by atoms with Crippen LogP contribution in [0.4, 0.5) is 5.69 Å². The number of H-pyrrole nitrogens is 1. The SMILES string of the molecule is Clc1ccccc1COc1cccc(C2Nc3ccccc3-c3ccnc4[nH]cc2c34)c1. The van der Waals surface area contributed by atoms with Crippen LogP contribution in [-0.2, 0) is 6.61 Å². The maximum Gasteiger partial charge on any atom is 0.138 e. The van der Waals surface area contributed by atoms with Crippen molar-refractivity contribution in [2.75, 3.05) is 5.32 Å². The average molecular weight is 438 g/mol. The summed E-state index contributed by atoms with van der Waals surface area (Å²) in [6, 6.07) is 26.4. The van der Waals surface area contributed by atoms with Gasteiger partial charge in [-0.3, -0.25) is 0 Å². The van der Waals surface area contributed by atoms with Crippen LogP contribution in [0.1, 0.15) is 22.7 Å². The van der Waals surface area contributed by atoms with E-state index < -0.39 is 0 Å². The minimum Gasteiger partial charge on any atom is -0.489 e. The van der Waals surface area contributed by atoms with Crippen LogP contribution in [0.5, 0.6) is 5.75 Å². The summed E-state index contributed by atoms with van der Waals surface area (Å²) >= 11 is 6.29. The molecule has 0 saturated carbocycles. The van der Waals surface area contributed by atoms with Crippen molar-refractivity contribution >= 4 is 28.3 Å². The number of rotatable bonds is 4. The second-order valence-corrected chi connectivity index (χ2v) is 8.31. The van der Waals surface area contributed by atoms with Gasteiger partial charge in [-0.25, -0.2) is 4.98 Å². The number of hydrogen-bond acceptors (Lipinski definition) is 3. The molecular formula is C27H20ClN3O. The van der Waals surface area contributed by atoms with Gasteiger partial charge in [0, 0.05) is 45.2 Å². The Morgan fingerprint density at radius 1 is 0.906 bits per heavy atom. The van der Waals surface area contributed by atoms with Gasteiger partial charge in [0.15, 0.2) is 0 Å². The van der Waals surface area contributed by atoms with Crippen LogP contribution >= 0.6 is 11.6 Å². The van der Waals surface area contributed by atoms with Crippen LogP contribution in [0.3, 0.4) is 0 Å². The molecule has 5 aromatic rings. The normalized spacial score (nSPS) is 14.5. The van der Waals surface area contributed by atoms with E-state index in [9.17, 15) is 0 Å². The zero-order valence-corrected chi connectivity index (χ0v) is 17.9. The van der Waals surface area contributed by atoms with Gasteiger partial charge in [0.25, 0.3) is 0 Å². The zero-order chi connectivity index (χ0) is 21.5. The lowest BCUT2D eigenvalue weighted by molar-refractivity contribution is 0.306. The summed E-state index contributed by atoms with van der Waals surface area (Å²) in [6.07, 6.45) is 3.92. The number of aromatic amines is 1. The van der Waals surface area contributed by atoms with Crippen molar-refractivity contribution in [3.8, 4) is 16.9 Å². The van der Waals surface area contributed by atoms with Crippen molar-refractivity contribution in [2.24, 2.45) is 0 Å². The Morgan fingerprint density at radius 3 is 2.72 bits per heavy atom. The van der Waals surface area contributed by atoms with Crippen LogP contribution in [0.2, 0.25) is 5.02 Å². The molecule has 4 nitrogen and oxygen atoms in total. The predicted molar refractivity (Wildman–Crippen MR) is 129 cm³/mol. The predicted octanol–water partition coefficient (Wildman–Crippen LogP) is 6.98. The lowest BCUT2D eigenvalue weighted by Crippen LogP contribution is -2.11. The fourth-order valence-electron chi connectivity index (χ4n) is 4.43. The minimum atomic E-state index is -0.0424. The molecule has 32 heavy (non-hydrogen) atoms. The Bertz CT molecular complexity index is 1440. The molecule has 3 aromatic carbocycles. The van der Waals surface area contributed by atoms with E-state index in [0.717, 1.165) is 33.6 Å². The summed E-state index contributed by atoms with van der Waals surface area (Å²) in [5, 5.41) is 5.62. The first-order valence-electron chi connectivity index (χ1n) is 10.6. The fourth-order valence-corrected chi connectivity index (χ4v) is 4.62. The Morgan fingerprint density at radius 2 is 1.78 bits per heavy atom. The zero-order valence-electron chi connectivity index (χ0n) is 17.2. The Kier molecular flexibility index (Phi) is 4.58. The van der Waals surface area contributed by atoms with Crippen LogP contribution in [0, 0.1) is 0 Å². The number of aromatic nitrogens is 2. The third kappa shape index (κ3) is 3.20. The number of pyridine rings is 1. The number of anilines is 1. The first-order valence-corrected chi connectivity index (χ1v) is 10.9. The molecule has 0 aliphatic carbocycles. The van der Waals surface area contributed by atoms with Crippen molar-refractivity contribution in [2.45, 2.75) is 12.6 Å². The van der Waals surface area contributed by atoms with Crippen molar-refractivity contribution in [1.29, 1.82) is 0 Å². The average Bonchev–Trinajstić information content (AvgIpc) is 3.20. The molecule has 1 unspecified atom stereocenters. The molecular weight excluding hydrogens is 418 g/mol. The lowest BCUT2D eigenvalue weighted by atomic mass is 9.97. The van der Waals surface area contributed by atoms with Gasteiger partial charge in [-0.2, -0.15) is 0 Å². The van der Waals surface area contributed by atoms with E-state index in [1.807, 2.05) is 42.6 Å². The molecule has 1 aliphatic heterocycles. The van der Waals surface area contributed by atoms with Crippen LogP contribution in [0.25, 0.3) is 22.2 Å². The summed E-state index contributed by atoms with van der Waals surface area (Å²) in [5.41, 5.74) is 7.61. The topological polar surface area (TPSA) is 49.9 Å². The molecule has 2 N–H and O–H groups in total. The van der Waals surface area contributed by atoms with Gasteiger partial charge in [-0.05, 0) is 41.5 Å². The highest BCUT2D eigenvalue weighted by molar-refractivity contribution is 6.31. The summed E-state index contributed by atoms with van der Waals surface area (Å²) in [5.74, 6) is 0.806. The van der Waals surface area contributed by atoms with E-state index in [1.165, 1.54) is 16.7 Å². The highest BCUT2D eigenvalue weighted by Crippen LogP contribution is 2.43. The molecule has 5 heteroatoms. The molecule has 0 spiro atoms. The number of benzene rings is 3. The monoisotopic (exact) mass is 437 g/mol. The summed E-state index contributed by atoms with van der Waals surface area (Å²) < 4.78 is 6.10. The fraction of sp³-hybridized carbons (Fsp3) is 0.0741. The van der Waals surface area contributed by atoms with E-state index >= 15 is 0 Å². The highest BCUT2D eigenvalue weighted by atomic mass is 35.5. The van der Waals surface area contributed by atoms with Crippen LogP contribution in [-0.4, -0.2) is 9.97 Å². The standard InChI is InChI=1S/C27H20ClN3O/c28-23-10-3-1-6-18(23)16-32-19-8-5-7-17(14-19)26-22-15-30-27-25(22)21(12-13-29-27)20-9-2-4-11-24(20)31-26/h1-15,26,31H,16H2,(H,29,30). The number of nitrogens with one attached hydrogen (secondary N) is 2. The summed E-state index contributed by atoms with van der Waals surface area (Å²) in [4.78, 5) is 7.90. The maximum absolute atomic E-state index is 6.29. The minimum absolute atomic E-state index is 0.0424. The molecule has 2 aromatic heterocycles. The quantitative estimate of drug-likeness (QED) is 0.319. The third-order valence-corrected chi connectivity index (χ3v) is 6.34. The Labute approximate surface area is 190 Å². The smallest absolute Gasteiger partial charge is 0.138 e. The number of para-hydroxylation sites is 1. The number of nitrogens with zero attached hydrogens (tertiary/aromatic N) is 1. The van der Waals surface area contributed by atoms with Crippen molar-refractivity contribution < 1.29 is 4.74 Å². The molecule has 0 bridgehead atoms. The van der Waals surface area contributed by atoms with Crippen molar-refractivity contribution in [3.63, 3.8) is 0 Å². The largest absolute Gasteiger partial charge is 0.489 e. The number of halogens is 1. The molecule has 1 atom stereocenters. The molecule has 0 amide bonds. The number of fused-ring (bicyclic) bond motifs is 2. The third-order valence-electron chi connectivity index (χ3n) is 5.98. The molecule has 156 valence electrons. The number of ether oxygens (including phenoxy) is 1. The number of hydrogen-bond donors (Lipinski definition) is 2. The van der Waals surface area contributed by atoms with Gasteiger partial charge in [0.2, 0.25) is 0 Å². The molecule has 1 aliphatic rings. The van der Waals surface area contributed by atoms with E-state index in [4.69, 9.17) is 16.3 Å². The van der Waals surface area contributed by atoms with Gasteiger partial charge in [-0.15, -0.1) is 0 Å². The second kappa shape index (κ2) is 7.74. The first kappa shape index (κ1) is 19.0. The molecule has 0 saturated heterocycles. The van der Waals surface area contributed by atoms with E-state index in [2.05, 4.69) is 63.9 Å². The van der Waals surface area contributed by atoms with Crippen LogP contribution < -0.4 is 10.1 Å². The molecule has 0 radical (unpaired) electrons. The molecule has 0 fully saturated rings. The highest BCUT2D eigenvalue weighted by Gasteiger charge is 2.26. The van der Waals surface area contributed by atoms with Gasteiger partial charge in [0.05, 0.1) is 6.04 Å². The van der Waals surface area contributed by atoms with Gasteiger partial charge in [0.1, 0.15) is 18.0 Å². The first-order chi connectivity index (χ1) is 15.8. The van der Waals surface area contributed by atoms with Gasteiger partial charge in [-0.1, -0.05) is 60.1 Å². The Balaban J connectivity index is 1.41. The second-order valence-electron chi connectivity index (χ2n) is 7.90. The summed E-state index contributed by atoms with van der Waals surface area (Å²) in [7, 11) is 0. The van der Waals surface area contributed by atoms with Crippen LogP contribution in [0.15, 0.2) is 91.3 Å². The van der Waals surface area contributed by atoms with E-state index in [1.54, 1.807) is 0 Å². The van der Waals surface area contributed by atoms with E-state index in [0.29, 0.717) is 11.6 Å². The molecule has 3 heterocycles. The van der Waals surface area contributed by atoms with Gasteiger partial charge >= 0.3 is 0 Å².